The number of benzene rings is 1. The number of pyridine rings is 1. The number of piperidine rings is 1. The summed E-state index contributed by atoms with van der Waals surface area (Å²) in [6.45, 7) is 5.04. The smallest absolute Gasteiger partial charge is 0.0888 e. The van der Waals surface area contributed by atoms with E-state index in [9.17, 15) is 0 Å². The highest BCUT2D eigenvalue weighted by molar-refractivity contribution is 9.09. The van der Waals surface area contributed by atoms with Crippen LogP contribution in [0.2, 0.25) is 0 Å². The van der Waals surface area contributed by atoms with E-state index in [2.05, 4.69) is 50.1 Å². The fourth-order valence-corrected chi connectivity index (χ4v) is 3.52. The van der Waals surface area contributed by atoms with Crippen molar-refractivity contribution in [3.8, 4) is 0 Å². The molecule has 0 spiro atoms. The van der Waals surface area contributed by atoms with Crippen molar-refractivity contribution in [2.75, 3.05) is 31.6 Å². The topological polar surface area (TPSA) is 25.4 Å². The first-order valence-corrected chi connectivity index (χ1v) is 9.18. The third kappa shape index (κ3) is 4.28. The molecule has 0 N–H and O–H groups in total. The number of likely N-dealkylation sites (tertiary alicyclic amines) is 1. The Bertz CT molecular complexity index is 596. The molecule has 0 atom stereocenters. The summed E-state index contributed by atoms with van der Waals surface area (Å²) in [5, 5.41) is 2.26. The third-order valence-corrected chi connectivity index (χ3v) is 4.72. The average Bonchev–Trinajstić information content (AvgIpc) is 2.57. The minimum Gasteiger partial charge on any atom is -0.375 e. The molecule has 2 aromatic rings. The predicted octanol–water partition coefficient (Wildman–Crippen LogP) is 3.86. The van der Waals surface area contributed by atoms with Gasteiger partial charge in [-0.1, -0.05) is 40.2 Å². The lowest BCUT2D eigenvalue weighted by atomic mass is 9.98. The molecule has 0 aliphatic carbocycles. The lowest BCUT2D eigenvalue weighted by Gasteiger charge is -2.31. The fraction of sp³-hybridized carbons (Fsp3) is 0.500. The number of halogens is 1. The Morgan fingerprint density at radius 1 is 1.14 bits per heavy atom. The van der Waals surface area contributed by atoms with Crippen LogP contribution >= 0.6 is 15.9 Å². The van der Waals surface area contributed by atoms with Crippen LogP contribution in [0.3, 0.4) is 0 Å². The molecule has 1 fully saturated rings. The Hall–Kier alpha value is -0.970. The molecule has 0 saturated carbocycles. The van der Waals surface area contributed by atoms with E-state index < -0.39 is 0 Å². The summed E-state index contributed by atoms with van der Waals surface area (Å²) >= 11 is 3.51. The summed E-state index contributed by atoms with van der Waals surface area (Å²) in [6.07, 6.45) is 2.50. The van der Waals surface area contributed by atoms with Crippen molar-refractivity contribution in [1.29, 1.82) is 0 Å². The molecule has 2 heterocycles. The zero-order chi connectivity index (χ0) is 15.2. The normalized spacial score (nSPS) is 17.1. The van der Waals surface area contributed by atoms with Crippen molar-refractivity contribution in [2.24, 2.45) is 5.92 Å². The molecular formula is C18H23BrN2O. The molecule has 0 bridgehead atoms. The number of aromatic nitrogens is 1. The molecule has 1 aromatic carbocycles. The van der Waals surface area contributed by atoms with Gasteiger partial charge in [0.2, 0.25) is 0 Å². The van der Waals surface area contributed by atoms with E-state index in [0.29, 0.717) is 12.5 Å². The summed E-state index contributed by atoms with van der Waals surface area (Å²) in [7, 11) is 0. The van der Waals surface area contributed by atoms with Gasteiger partial charge in [-0.3, -0.25) is 4.98 Å². The molecule has 118 valence electrons. The number of hydrogen-bond acceptors (Lipinski definition) is 3. The van der Waals surface area contributed by atoms with Crippen LogP contribution in [-0.2, 0) is 11.3 Å². The van der Waals surface area contributed by atoms with Gasteiger partial charge in [0.25, 0.3) is 0 Å². The average molecular weight is 363 g/mol. The highest BCUT2D eigenvalue weighted by atomic mass is 79.9. The van der Waals surface area contributed by atoms with Crippen LogP contribution in [0, 0.1) is 5.92 Å². The van der Waals surface area contributed by atoms with Crippen LogP contribution in [0.4, 0.5) is 0 Å². The zero-order valence-corrected chi connectivity index (χ0v) is 14.5. The number of para-hydroxylation sites is 1. The Kier molecular flexibility index (Phi) is 5.82. The van der Waals surface area contributed by atoms with Crippen molar-refractivity contribution < 1.29 is 4.74 Å². The molecule has 0 radical (unpaired) electrons. The minimum atomic E-state index is 0.618. The van der Waals surface area contributed by atoms with Gasteiger partial charge in [0.1, 0.15) is 0 Å². The van der Waals surface area contributed by atoms with Crippen molar-refractivity contribution in [3.63, 3.8) is 0 Å². The molecule has 0 unspecified atom stereocenters. The lowest BCUT2D eigenvalue weighted by Crippen LogP contribution is -2.36. The maximum Gasteiger partial charge on any atom is 0.0888 e. The molecular weight excluding hydrogens is 340 g/mol. The second-order valence-electron chi connectivity index (χ2n) is 5.98. The van der Waals surface area contributed by atoms with E-state index in [1.165, 1.54) is 31.3 Å². The van der Waals surface area contributed by atoms with Gasteiger partial charge in [-0.15, -0.1) is 0 Å². The maximum atomic E-state index is 5.91. The van der Waals surface area contributed by atoms with E-state index in [0.717, 1.165) is 29.7 Å². The van der Waals surface area contributed by atoms with Crippen molar-refractivity contribution in [1.82, 2.24) is 9.88 Å². The van der Waals surface area contributed by atoms with Crippen molar-refractivity contribution >= 4 is 26.8 Å². The van der Waals surface area contributed by atoms with Crippen LogP contribution in [-0.4, -0.2) is 41.5 Å². The van der Waals surface area contributed by atoms with Crippen LogP contribution in [0.5, 0.6) is 0 Å². The minimum absolute atomic E-state index is 0.618. The van der Waals surface area contributed by atoms with Gasteiger partial charge in [0, 0.05) is 17.3 Å². The quantitative estimate of drug-likeness (QED) is 0.729. The summed E-state index contributed by atoms with van der Waals surface area (Å²) in [6, 6.07) is 12.4. The van der Waals surface area contributed by atoms with Gasteiger partial charge < -0.3 is 9.64 Å². The predicted molar refractivity (Wildman–Crippen MR) is 94.4 cm³/mol. The van der Waals surface area contributed by atoms with Gasteiger partial charge in [-0.05, 0) is 44.0 Å². The molecule has 0 amide bonds. The fourth-order valence-electron chi connectivity index (χ4n) is 3.02. The first-order chi connectivity index (χ1) is 10.8. The first-order valence-electron chi connectivity index (χ1n) is 8.06. The highest BCUT2D eigenvalue weighted by Crippen LogP contribution is 2.18. The van der Waals surface area contributed by atoms with E-state index in [4.69, 9.17) is 4.74 Å². The van der Waals surface area contributed by atoms with Gasteiger partial charge in [-0.2, -0.15) is 0 Å². The standard InChI is InChI=1S/C18H23BrN2O/c19-9-12-21-10-7-15(8-11-21)13-22-14-17-6-5-16-3-1-2-4-18(16)20-17/h1-6,15H,7-14H2. The van der Waals surface area contributed by atoms with Gasteiger partial charge in [0.05, 0.1) is 24.4 Å². The molecule has 1 aliphatic rings. The maximum absolute atomic E-state index is 5.91. The summed E-state index contributed by atoms with van der Waals surface area (Å²) in [5.41, 5.74) is 2.07. The Morgan fingerprint density at radius 2 is 1.95 bits per heavy atom. The SMILES string of the molecule is BrCCN1CCC(COCc2ccc3ccccc3n2)CC1. The number of ether oxygens (including phenoxy) is 1. The van der Waals surface area contributed by atoms with E-state index in [-0.39, 0.29) is 0 Å². The molecule has 1 aliphatic heterocycles. The monoisotopic (exact) mass is 362 g/mol. The Labute approximate surface area is 140 Å². The molecule has 3 nitrogen and oxygen atoms in total. The molecule has 4 heteroatoms. The second kappa shape index (κ2) is 8.04. The number of nitrogens with zero attached hydrogens (tertiary/aromatic N) is 2. The van der Waals surface area contributed by atoms with Gasteiger partial charge >= 0.3 is 0 Å². The first kappa shape index (κ1) is 15.9. The lowest BCUT2D eigenvalue weighted by molar-refractivity contribution is 0.0576. The largest absolute Gasteiger partial charge is 0.375 e. The van der Waals surface area contributed by atoms with E-state index >= 15 is 0 Å². The summed E-state index contributed by atoms with van der Waals surface area (Å²) in [4.78, 5) is 7.18. The Balaban J connectivity index is 1.44. The molecule has 3 rings (SSSR count). The number of rotatable bonds is 6. The van der Waals surface area contributed by atoms with Crippen LogP contribution in [0.1, 0.15) is 18.5 Å². The van der Waals surface area contributed by atoms with Crippen molar-refractivity contribution in [2.45, 2.75) is 19.4 Å². The Morgan fingerprint density at radius 3 is 2.77 bits per heavy atom. The number of alkyl halides is 1. The number of fused-ring (bicyclic) bond motifs is 1. The van der Waals surface area contributed by atoms with Gasteiger partial charge in [-0.25, -0.2) is 0 Å². The van der Waals surface area contributed by atoms with Crippen molar-refractivity contribution in [3.05, 3.63) is 42.1 Å². The van der Waals surface area contributed by atoms with Crippen LogP contribution in [0.25, 0.3) is 10.9 Å². The van der Waals surface area contributed by atoms with Crippen LogP contribution < -0.4 is 0 Å². The molecule has 1 aromatic heterocycles. The summed E-state index contributed by atoms with van der Waals surface area (Å²) in [5.74, 6) is 0.701. The third-order valence-electron chi connectivity index (χ3n) is 4.37. The van der Waals surface area contributed by atoms with Gasteiger partial charge in [0.15, 0.2) is 0 Å². The van der Waals surface area contributed by atoms with E-state index in [1.54, 1.807) is 0 Å². The molecule has 22 heavy (non-hydrogen) atoms. The highest BCUT2D eigenvalue weighted by Gasteiger charge is 2.18. The molecule has 1 saturated heterocycles. The van der Waals surface area contributed by atoms with Crippen LogP contribution in [0.15, 0.2) is 36.4 Å². The van der Waals surface area contributed by atoms with E-state index in [1.807, 2.05) is 12.1 Å². The zero-order valence-electron chi connectivity index (χ0n) is 12.9. The second-order valence-corrected chi connectivity index (χ2v) is 6.78. The summed E-state index contributed by atoms with van der Waals surface area (Å²) < 4.78 is 5.91. The number of hydrogen-bond donors (Lipinski definition) is 0.